The van der Waals surface area contributed by atoms with Crippen LogP contribution in [-0.4, -0.2) is 67.6 Å². The Morgan fingerprint density at radius 3 is 2.11 bits per heavy atom. The van der Waals surface area contributed by atoms with Crippen LogP contribution in [0.4, 0.5) is 0 Å². The van der Waals surface area contributed by atoms with Crippen molar-refractivity contribution >= 4 is 21.8 Å². The number of nitrogens with zero attached hydrogens (tertiary/aromatic N) is 2. The summed E-state index contributed by atoms with van der Waals surface area (Å²) in [5.74, 6) is -0.554. The van der Waals surface area contributed by atoms with Gasteiger partial charge in [-0.05, 0) is 30.3 Å². The summed E-state index contributed by atoms with van der Waals surface area (Å²) in [6.07, 6.45) is 1.35. The van der Waals surface area contributed by atoms with Gasteiger partial charge in [0.25, 0.3) is 11.8 Å². The van der Waals surface area contributed by atoms with Gasteiger partial charge >= 0.3 is 0 Å². The number of rotatable bonds is 4. The number of sulfonamides is 1. The molecule has 9 nitrogen and oxygen atoms in total. The summed E-state index contributed by atoms with van der Waals surface area (Å²) in [6.45, 7) is 0.810. The number of hydrogen-bond acceptors (Lipinski definition) is 5. The molecule has 1 aliphatic rings. The van der Waals surface area contributed by atoms with E-state index in [1.165, 1.54) is 53.9 Å². The van der Waals surface area contributed by atoms with E-state index >= 15 is 0 Å². The summed E-state index contributed by atoms with van der Waals surface area (Å²) in [5, 5.41) is 2.48. The molecule has 28 heavy (non-hydrogen) atoms. The molecule has 1 saturated heterocycles. The van der Waals surface area contributed by atoms with Crippen LogP contribution in [0.3, 0.4) is 0 Å². The van der Waals surface area contributed by atoms with E-state index in [0.717, 1.165) is 0 Å². The number of carbonyl (C=O) groups excluding carboxylic acids is 2. The maximum absolute atomic E-state index is 12.8. The van der Waals surface area contributed by atoms with Crippen LogP contribution < -0.4 is 10.9 Å². The second-order valence-electron chi connectivity index (χ2n) is 6.24. The van der Waals surface area contributed by atoms with Crippen molar-refractivity contribution in [2.75, 3.05) is 33.2 Å². The molecule has 2 N–H and O–H groups in total. The van der Waals surface area contributed by atoms with Crippen LogP contribution in [0.15, 0.2) is 52.3 Å². The molecule has 0 atom stereocenters. The summed E-state index contributed by atoms with van der Waals surface area (Å²) >= 11 is 0. The molecule has 0 radical (unpaired) electrons. The Bertz CT molecular complexity index is 1020. The first kappa shape index (κ1) is 19.8. The Labute approximate surface area is 162 Å². The molecule has 10 heteroatoms. The van der Waals surface area contributed by atoms with Crippen LogP contribution in [0.1, 0.15) is 20.7 Å². The van der Waals surface area contributed by atoms with Crippen molar-refractivity contribution in [3.05, 3.63) is 64.1 Å². The van der Waals surface area contributed by atoms with E-state index in [4.69, 9.17) is 0 Å². The van der Waals surface area contributed by atoms with Gasteiger partial charge in [-0.3, -0.25) is 14.4 Å². The van der Waals surface area contributed by atoms with Crippen molar-refractivity contribution in [1.29, 1.82) is 0 Å². The van der Waals surface area contributed by atoms with E-state index in [2.05, 4.69) is 10.3 Å². The van der Waals surface area contributed by atoms with Crippen molar-refractivity contribution < 1.29 is 18.0 Å². The molecule has 2 amide bonds. The number of H-pyrrole nitrogens is 1. The zero-order valence-corrected chi connectivity index (χ0v) is 16.0. The van der Waals surface area contributed by atoms with Gasteiger partial charge < -0.3 is 15.2 Å². The first-order valence-corrected chi connectivity index (χ1v) is 10.1. The van der Waals surface area contributed by atoms with E-state index in [-0.39, 0.29) is 48.4 Å². The number of amides is 2. The minimum Gasteiger partial charge on any atom is -0.355 e. The zero-order chi connectivity index (χ0) is 20.3. The first-order chi connectivity index (χ1) is 13.3. The van der Waals surface area contributed by atoms with Gasteiger partial charge in [-0.15, -0.1) is 0 Å². The largest absolute Gasteiger partial charge is 0.355 e. The number of aromatic nitrogens is 1. The number of carbonyl (C=O) groups is 2. The zero-order valence-electron chi connectivity index (χ0n) is 15.2. The van der Waals surface area contributed by atoms with E-state index in [1.807, 2.05) is 0 Å². The highest BCUT2D eigenvalue weighted by Crippen LogP contribution is 2.19. The predicted octanol–water partition coefficient (Wildman–Crippen LogP) is -0.119. The third-order valence-corrected chi connectivity index (χ3v) is 6.45. The third-order valence-electron chi connectivity index (χ3n) is 4.54. The van der Waals surface area contributed by atoms with Crippen molar-refractivity contribution in [2.45, 2.75) is 4.90 Å². The molecule has 0 aliphatic carbocycles. The first-order valence-electron chi connectivity index (χ1n) is 8.63. The topological polar surface area (TPSA) is 120 Å². The van der Waals surface area contributed by atoms with Crippen LogP contribution in [0, 0.1) is 0 Å². The normalized spacial score (nSPS) is 15.2. The SMILES string of the molecule is CNC(=O)c1ccc(S(=O)(=O)N2CCN(C(=O)c3ccc(=O)[nH]c3)CC2)cc1. The number of benzene rings is 1. The number of nitrogens with one attached hydrogen (secondary N) is 2. The molecule has 1 fully saturated rings. The number of piperazine rings is 1. The fraction of sp³-hybridized carbons (Fsp3) is 0.278. The number of pyridine rings is 1. The molecule has 0 unspecified atom stereocenters. The molecular weight excluding hydrogens is 384 g/mol. The second-order valence-corrected chi connectivity index (χ2v) is 8.18. The minimum absolute atomic E-state index is 0.0977. The molecule has 1 aromatic carbocycles. The van der Waals surface area contributed by atoms with Gasteiger partial charge in [0, 0.05) is 51.1 Å². The highest BCUT2D eigenvalue weighted by Gasteiger charge is 2.30. The predicted molar refractivity (Wildman–Crippen MR) is 102 cm³/mol. The molecule has 0 spiro atoms. The molecule has 1 aromatic heterocycles. The Balaban J connectivity index is 1.68. The van der Waals surface area contributed by atoms with Gasteiger partial charge in [-0.2, -0.15) is 4.31 Å². The van der Waals surface area contributed by atoms with Gasteiger partial charge in [-0.25, -0.2) is 8.42 Å². The minimum atomic E-state index is -3.71. The second kappa shape index (κ2) is 7.95. The quantitative estimate of drug-likeness (QED) is 0.736. The lowest BCUT2D eigenvalue weighted by atomic mass is 10.2. The molecule has 2 aromatic rings. The maximum Gasteiger partial charge on any atom is 0.255 e. The highest BCUT2D eigenvalue weighted by atomic mass is 32.2. The van der Waals surface area contributed by atoms with Gasteiger partial charge in [-0.1, -0.05) is 0 Å². The molecule has 148 valence electrons. The van der Waals surface area contributed by atoms with Gasteiger partial charge in [0.15, 0.2) is 0 Å². The van der Waals surface area contributed by atoms with Crippen LogP contribution in [0.2, 0.25) is 0 Å². The van der Waals surface area contributed by atoms with E-state index in [9.17, 15) is 22.8 Å². The lowest BCUT2D eigenvalue weighted by molar-refractivity contribution is 0.0697. The van der Waals surface area contributed by atoms with Crippen molar-refractivity contribution in [3.63, 3.8) is 0 Å². The van der Waals surface area contributed by atoms with Crippen molar-refractivity contribution in [1.82, 2.24) is 19.5 Å². The monoisotopic (exact) mass is 404 g/mol. The van der Waals surface area contributed by atoms with Crippen molar-refractivity contribution in [2.24, 2.45) is 0 Å². The van der Waals surface area contributed by atoms with Gasteiger partial charge in [0.1, 0.15) is 0 Å². The fourth-order valence-corrected chi connectivity index (χ4v) is 4.35. The standard InChI is InChI=1S/C18H20N4O5S/c1-19-17(24)13-2-5-15(6-3-13)28(26,27)22-10-8-21(9-11-22)18(25)14-4-7-16(23)20-12-14/h2-7,12H,8-11H2,1H3,(H,19,24)(H,20,23). The maximum atomic E-state index is 12.8. The van der Waals surface area contributed by atoms with Crippen LogP contribution >= 0.6 is 0 Å². The lowest BCUT2D eigenvalue weighted by Crippen LogP contribution is -2.50. The molecule has 1 aliphatic heterocycles. The van der Waals surface area contributed by atoms with Crippen LogP contribution in [0.5, 0.6) is 0 Å². The Morgan fingerprint density at radius 1 is 0.964 bits per heavy atom. The molecular formula is C18H20N4O5S. The Kier molecular flexibility index (Phi) is 5.61. The van der Waals surface area contributed by atoms with E-state index in [0.29, 0.717) is 11.1 Å². The smallest absolute Gasteiger partial charge is 0.255 e. The number of hydrogen-bond donors (Lipinski definition) is 2. The van der Waals surface area contributed by atoms with E-state index in [1.54, 1.807) is 4.90 Å². The summed E-state index contributed by atoms with van der Waals surface area (Å²) in [7, 11) is -2.21. The molecule has 0 bridgehead atoms. The summed E-state index contributed by atoms with van der Waals surface area (Å²) in [4.78, 5) is 39.3. The lowest BCUT2D eigenvalue weighted by Gasteiger charge is -2.34. The Hall–Kier alpha value is -2.98. The third kappa shape index (κ3) is 3.97. The van der Waals surface area contributed by atoms with Crippen LogP contribution in [-0.2, 0) is 10.0 Å². The fourth-order valence-electron chi connectivity index (χ4n) is 2.93. The van der Waals surface area contributed by atoms with Gasteiger partial charge in [0.05, 0.1) is 10.5 Å². The summed E-state index contributed by atoms with van der Waals surface area (Å²) < 4.78 is 26.9. The van der Waals surface area contributed by atoms with Crippen LogP contribution in [0.25, 0.3) is 0 Å². The van der Waals surface area contributed by atoms with Crippen molar-refractivity contribution in [3.8, 4) is 0 Å². The Morgan fingerprint density at radius 2 is 1.57 bits per heavy atom. The molecule has 2 heterocycles. The summed E-state index contributed by atoms with van der Waals surface area (Å²) in [5.41, 5.74) is 0.424. The summed E-state index contributed by atoms with van der Waals surface area (Å²) in [6, 6.07) is 8.44. The number of aromatic amines is 1. The van der Waals surface area contributed by atoms with Gasteiger partial charge in [0.2, 0.25) is 15.6 Å². The molecule has 3 rings (SSSR count). The van der Waals surface area contributed by atoms with E-state index < -0.39 is 10.0 Å². The average molecular weight is 404 g/mol. The average Bonchev–Trinajstić information content (AvgIpc) is 2.73. The highest BCUT2D eigenvalue weighted by molar-refractivity contribution is 7.89. The molecule has 0 saturated carbocycles.